The molecule has 0 heterocycles. The Kier molecular flexibility index (Phi) is 6.37. The van der Waals surface area contributed by atoms with Crippen LogP contribution in [0.5, 0.6) is 5.75 Å². The Balaban J connectivity index is 2.27. The molecule has 0 saturated carbocycles. The van der Waals surface area contributed by atoms with Crippen molar-refractivity contribution in [2.75, 3.05) is 13.2 Å². The van der Waals surface area contributed by atoms with Crippen molar-refractivity contribution in [1.82, 2.24) is 4.72 Å². The molecule has 5 nitrogen and oxygen atoms in total. The van der Waals surface area contributed by atoms with Gasteiger partial charge in [0.05, 0.1) is 11.5 Å². The van der Waals surface area contributed by atoms with E-state index in [2.05, 4.69) is 9.71 Å². The molecule has 2 rings (SSSR count). The van der Waals surface area contributed by atoms with Gasteiger partial charge in [-0.1, -0.05) is 37.3 Å². The summed E-state index contributed by atoms with van der Waals surface area (Å²) < 4.78 is 33.2. The number of sulfonamides is 1. The van der Waals surface area contributed by atoms with Crippen molar-refractivity contribution in [2.24, 2.45) is 4.99 Å². The van der Waals surface area contributed by atoms with Gasteiger partial charge in [-0.3, -0.25) is 9.71 Å². The van der Waals surface area contributed by atoms with Crippen LogP contribution >= 0.6 is 0 Å². The van der Waals surface area contributed by atoms with E-state index in [1.54, 1.807) is 12.1 Å². The third-order valence-corrected chi connectivity index (χ3v) is 4.57. The van der Waals surface area contributed by atoms with Gasteiger partial charge in [-0.25, -0.2) is 8.42 Å². The molecule has 0 radical (unpaired) electrons. The molecule has 0 atom stereocenters. The average molecular weight is 346 g/mol. The van der Waals surface area contributed by atoms with Crippen LogP contribution in [0.1, 0.15) is 25.8 Å². The minimum absolute atomic E-state index is 0.172. The van der Waals surface area contributed by atoms with Crippen LogP contribution in [0.2, 0.25) is 0 Å². The van der Waals surface area contributed by atoms with E-state index >= 15 is 0 Å². The Hall–Kier alpha value is -2.34. The summed E-state index contributed by atoms with van der Waals surface area (Å²) >= 11 is 0. The summed E-state index contributed by atoms with van der Waals surface area (Å²) in [5, 5.41) is 0. The molecule has 0 saturated heterocycles. The van der Waals surface area contributed by atoms with Gasteiger partial charge in [0.15, 0.2) is 0 Å². The Morgan fingerprint density at radius 3 is 2.29 bits per heavy atom. The Morgan fingerprint density at radius 2 is 1.71 bits per heavy atom. The van der Waals surface area contributed by atoms with Crippen LogP contribution in [-0.4, -0.2) is 27.4 Å². The van der Waals surface area contributed by atoms with Crippen LogP contribution in [-0.2, 0) is 10.0 Å². The molecule has 0 aliphatic heterocycles. The number of hydrogen-bond donors (Lipinski definition) is 1. The monoisotopic (exact) mass is 346 g/mol. The van der Waals surface area contributed by atoms with Crippen molar-refractivity contribution in [2.45, 2.75) is 25.2 Å². The predicted molar refractivity (Wildman–Crippen MR) is 96.1 cm³/mol. The van der Waals surface area contributed by atoms with E-state index in [9.17, 15) is 8.42 Å². The summed E-state index contributed by atoms with van der Waals surface area (Å²) in [4.78, 5) is 4.54. The number of ether oxygens (including phenoxy) is 1. The molecule has 0 amide bonds. The summed E-state index contributed by atoms with van der Waals surface area (Å²) in [6, 6.07) is 15.6. The number of benzene rings is 2. The lowest BCUT2D eigenvalue weighted by atomic mass is 10.2. The second kappa shape index (κ2) is 8.49. The molecule has 0 bridgehead atoms. The van der Waals surface area contributed by atoms with Crippen LogP contribution in [0, 0.1) is 0 Å². The first-order valence-electron chi connectivity index (χ1n) is 7.92. The zero-order valence-electron chi connectivity index (χ0n) is 13.9. The van der Waals surface area contributed by atoms with Gasteiger partial charge in [-0.2, -0.15) is 0 Å². The van der Waals surface area contributed by atoms with Gasteiger partial charge >= 0.3 is 0 Å². The fourth-order valence-electron chi connectivity index (χ4n) is 2.07. The lowest BCUT2D eigenvalue weighted by molar-refractivity contribution is 0.340. The standard InChI is InChI=1S/C18H22N2O3S/c1-3-14-19-18(15-8-6-5-7-9-15)20-24(21,22)17-12-10-16(11-13-17)23-4-2/h5-13H,3-4,14H2,1-2H3,(H,19,20). The minimum atomic E-state index is -3.71. The van der Waals surface area contributed by atoms with Crippen LogP contribution in [0.25, 0.3) is 0 Å². The molecule has 0 aromatic heterocycles. The molecular formula is C18H22N2O3S. The Bertz CT molecular complexity index is 770. The molecule has 2 aromatic rings. The van der Waals surface area contributed by atoms with Crippen LogP contribution < -0.4 is 9.46 Å². The SMILES string of the molecule is CCCN=C(NS(=O)(=O)c1ccc(OCC)cc1)c1ccccc1. The molecular weight excluding hydrogens is 324 g/mol. The van der Waals surface area contributed by atoms with Crippen molar-refractivity contribution >= 4 is 15.9 Å². The molecule has 24 heavy (non-hydrogen) atoms. The van der Waals surface area contributed by atoms with Gasteiger partial charge in [0.2, 0.25) is 0 Å². The second-order valence-electron chi connectivity index (χ2n) is 5.11. The molecule has 1 N–H and O–H groups in total. The van der Waals surface area contributed by atoms with Crippen molar-refractivity contribution in [1.29, 1.82) is 0 Å². The zero-order chi connectivity index (χ0) is 17.4. The van der Waals surface area contributed by atoms with Gasteiger partial charge < -0.3 is 4.74 Å². The quantitative estimate of drug-likeness (QED) is 0.618. The van der Waals surface area contributed by atoms with Crippen molar-refractivity contribution in [3.8, 4) is 5.75 Å². The molecule has 0 aliphatic carbocycles. The van der Waals surface area contributed by atoms with Gasteiger partial charge in [0, 0.05) is 12.1 Å². The topological polar surface area (TPSA) is 67.8 Å². The summed E-state index contributed by atoms with van der Waals surface area (Å²) in [6.45, 7) is 4.96. The molecule has 6 heteroatoms. The molecule has 0 unspecified atom stereocenters. The predicted octanol–water partition coefficient (Wildman–Crippen LogP) is 3.22. The zero-order valence-corrected chi connectivity index (χ0v) is 14.7. The molecule has 0 spiro atoms. The largest absolute Gasteiger partial charge is 0.494 e. The maximum absolute atomic E-state index is 12.6. The van der Waals surface area contributed by atoms with E-state index < -0.39 is 10.0 Å². The lowest BCUT2D eigenvalue weighted by Crippen LogP contribution is -2.31. The van der Waals surface area contributed by atoms with E-state index in [1.165, 1.54) is 12.1 Å². The summed E-state index contributed by atoms with van der Waals surface area (Å²) in [6.07, 6.45) is 0.834. The second-order valence-corrected chi connectivity index (χ2v) is 6.79. The maximum Gasteiger partial charge on any atom is 0.263 e. The lowest BCUT2D eigenvalue weighted by Gasteiger charge is -2.12. The Labute approximate surface area is 143 Å². The number of hydrogen-bond acceptors (Lipinski definition) is 4. The van der Waals surface area contributed by atoms with Gasteiger partial charge in [-0.05, 0) is 37.6 Å². The van der Waals surface area contributed by atoms with E-state index in [-0.39, 0.29) is 4.90 Å². The first kappa shape index (κ1) is 18.0. The van der Waals surface area contributed by atoms with Crippen LogP contribution in [0.4, 0.5) is 0 Å². The first-order valence-corrected chi connectivity index (χ1v) is 9.40. The van der Waals surface area contributed by atoms with Crippen LogP contribution in [0.15, 0.2) is 64.5 Å². The highest BCUT2D eigenvalue weighted by molar-refractivity contribution is 7.90. The average Bonchev–Trinajstić information content (AvgIpc) is 2.60. The molecule has 0 fully saturated rings. The fraction of sp³-hybridized carbons (Fsp3) is 0.278. The third-order valence-electron chi connectivity index (χ3n) is 3.22. The van der Waals surface area contributed by atoms with Crippen molar-refractivity contribution < 1.29 is 13.2 Å². The van der Waals surface area contributed by atoms with Gasteiger partial charge in [-0.15, -0.1) is 0 Å². The van der Waals surface area contributed by atoms with E-state index in [1.807, 2.05) is 44.2 Å². The third kappa shape index (κ3) is 4.83. The number of aliphatic imine (C=N–C) groups is 1. The number of nitrogens with zero attached hydrogens (tertiary/aromatic N) is 1. The molecule has 128 valence electrons. The Morgan fingerprint density at radius 1 is 1.04 bits per heavy atom. The highest BCUT2D eigenvalue weighted by Crippen LogP contribution is 2.16. The van der Waals surface area contributed by atoms with E-state index in [0.29, 0.717) is 24.7 Å². The summed E-state index contributed by atoms with van der Waals surface area (Å²) in [5.41, 5.74) is 0.737. The van der Waals surface area contributed by atoms with Gasteiger partial charge in [0.1, 0.15) is 11.6 Å². The summed E-state index contributed by atoms with van der Waals surface area (Å²) in [5.74, 6) is 0.991. The fourth-order valence-corrected chi connectivity index (χ4v) is 3.12. The van der Waals surface area contributed by atoms with Crippen LogP contribution in [0.3, 0.4) is 0 Å². The number of rotatable bonds is 7. The van der Waals surface area contributed by atoms with E-state index in [4.69, 9.17) is 4.74 Å². The van der Waals surface area contributed by atoms with E-state index in [0.717, 1.165) is 12.0 Å². The highest BCUT2D eigenvalue weighted by atomic mass is 32.2. The number of nitrogens with one attached hydrogen (secondary N) is 1. The molecule has 0 aliphatic rings. The highest BCUT2D eigenvalue weighted by Gasteiger charge is 2.17. The smallest absolute Gasteiger partial charge is 0.263 e. The maximum atomic E-state index is 12.6. The number of amidine groups is 1. The van der Waals surface area contributed by atoms with Gasteiger partial charge in [0.25, 0.3) is 10.0 Å². The van der Waals surface area contributed by atoms with Crippen molar-refractivity contribution in [3.63, 3.8) is 0 Å². The normalized spacial score (nSPS) is 12.0. The summed E-state index contributed by atoms with van der Waals surface area (Å²) in [7, 11) is -3.71. The minimum Gasteiger partial charge on any atom is -0.494 e. The van der Waals surface area contributed by atoms with Crippen molar-refractivity contribution in [3.05, 3.63) is 60.2 Å². The first-order chi connectivity index (χ1) is 11.6. The molecule has 2 aromatic carbocycles.